The number of aromatic nitrogens is 3. The van der Waals surface area contributed by atoms with Crippen molar-refractivity contribution in [1.82, 2.24) is 25.2 Å². The van der Waals surface area contributed by atoms with Gasteiger partial charge in [0, 0.05) is 62.2 Å². The number of amides is 2. The molecular formula is C21H30N6O2. The molecule has 1 aliphatic heterocycles. The minimum Gasteiger partial charge on any atom is -0.478 e. The van der Waals surface area contributed by atoms with Crippen molar-refractivity contribution in [2.24, 2.45) is 0 Å². The van der Waals surface area contributed by atoms with Crippen molar-refractivity contribution in [3.05, 3.63) is 41.5 Å². The number of pyridine rings is 1. The van der Waals surface area contributed by atoms with Crippen LogP contribution in [0.3, 0.4) is 0 Å². The molecule has 8 heteroatoms. The summed E-state index contributed by atoms with van der Waals surface area (Å²) < 4.78 is 5.52. The van der Waals surface area contributed by atoms with Gasteiger partial charge in [-0.25, -0.2) is 19.7 Å². The van der Waals surface area contributed by atoms with Crippen LogP contribution in [0, 0.1) is 6.92 Å². The highest BCUT2D eigenvalue weighted by Gasteiger charge is 2.23. The average molecular weight is 399 g/mol. The van der Waals surface area contributed by atoms with E-state index in [-0.39, 0.29) is 11.9 Å². The van der Waals surface area contributed by atoms with Crippen molar-refractivity contribution in [2.45, 2.75) is 40.2 Å². The number of rotatable bonds is 6. The fourth-order valence-corrected chi connectivity index (χ4v) is 3.24. The third-order valence-electron chi connectivity index (χ3n) is 4.83. The van der Waals surface area contributed by atoms with E-state index in [9.17, 15) is 4.79 Å². The molecule has 1 N–H and O–H groups in total. The lowest BCUT2D eigenvalue weighted by Crippen LogP contribution is -2.52. The number of urea groups is 1. The summed E-state index contributed by atoms with van der Waals surface area (Å²) in [5.74, 6) is 2.66. The molecule has 29 heavy (non-hydrogen) atoms. The number of nitrogens with zero attached hydrogens (tertiary/aromatic N) is 5. The van der Waals surface area contributed by atoms with E-state index >= 15 is 0 Å². The van der Waals surface area contributed by atoms with Crippen LogP contribution in [0.2, 0.25) is 0 Å². The van der Waals surface area contributed by atoms with Gasteiger partial charge in [-0.2, -0.15) is 0 Å². The smallest absolute Gasteiger partial charge is 0.317 e. The monoisotopic (exact) mass is 398 g/mol. The topological polar surface area (TPSA) is 83.5 Å². The summed E-state index contributed by atoms with van der Waals surface area (Å²) >= 11 is 0. The van der Waals surface area contributed by atoms with Gasteiger partial charge in [-0.05, 0) is 19.9 Å². The van der Waals surface area contributed by atoms with Gasteiger partial charge in [0.25, 0.3) is 0 Å². The number of ether oxygens (including phenoxy) is 1. The molecule has 8 nitrogen and oxygen atoms in total. The molecule has 2 aromatic rings. The van der Waals surface area contributed by atoms with Crippen molar-refractivity contribution in [2.75, 3.05) is 37.7 Å². The van der Waals surface area contributed by atoms with Crippen LogP contribution in [-0.2, 0) is 6.54 Å². The summed E-state index contributed by atoms with van der Waals surface area (Å²) in [5, 5.41) is 2.98. The Kier molecular flexibility index (Phi) is 6.85. The molecular weight excluding hydrogens is 368 g/mol. The van der Waals surface area contributed by atoms with Gasteiger partial charge < -0.3 is 19.9 Å². The highest BCUT2D eigenvalue weighted by atomic mass is 16.5. The van der Waals surface area contributed by atoms with Crippen molar-refractivity contribution >= 4 is 11.8 Å². The third-order valence-corrected chi connectivity index (χ3v) is 4.83. The highest BCUT2D eigenvalue weighted by Crippen LogP contribution is 2.19. The molecule has 2 aromatic heterocycles. The van der Waals surface area contributed by atoms with Crippen LogP contribution in [0.5, 0.6) is 5.88 Å². The lowest BCUT2D eigenvalue weighted by atomic mass is 10.2. The fraction of sp³-hybridized carbons (Fsp3) is 0.524. The fourth-order valence-electron chi connectivity index (χ4n) is 3.24. The zero-order valence-electron chi connectivity index (χ0n) is 17.7. The molecule has 0 saturated carbocycles. The van der Waals surface area contributed by atoms with Crippen LogP contribution in [0.1, 0.15) is 43.8 Å². The van der Waals surface area contributed by atoms with Crippen LogP contribution >= 0.6 is 0 Å². The lowest BCUT2D eigenvalue weighted by molar-refractivity contribution is 0.193. The van der Waals surface area contributed by atoms with E-state index in [1.54, 1.807) is 6.20 Å². The number of hydrogen-bond acceptors (Lipinski definition) is 6. The number of aryl methyl sites for hydroxylation is 1. The molecule has 0 radical (unpaired) electrons. The molecule has 0 atom stereocenters. The number of carbonyl (C=O) groups is 1. The maximum Gasteiger partial charge on any atom is 0.317 e. The predicted octanol–water partition coefficient (Wildman–Crippen LogP) is 2.73. The summed E-state index contributed by atoms with van der Waals surface area (Å²) in [7, 11) is 0. The van der Waals surface area contributed by atoms with Crippen LogP contribution in [0.25, 0.3) is 0 Å². The molecule has 156 valence electrons. The van der Waals surface area contributed by atoms with Gasteiger partial charge >= 0.3 is 6.03 Å². The summed E-state index contributed by atoms with van der Waals surface area (Å²) in [4.78, 5) is 30.1. The van der Waals surface area contributed by atoms with Crippen molar-refractivity contribution in [3.63, 3.8) is 0 Å². The molecule has 1 fully saturated rings. The Bertz CT molecular complexity index is 834. The van der Waals surface area contributed by atoms with Gasteiger partial charge in [0.1, 0.15) is 11.6 Å². The standard InChI is InChI=1S/C21H30N6O2/c1-5-29-20-17(7-6-8-22-20)14-23-21(28)27-11-9-26(10-12-27)18-13-16(4)24-19(25-18)15(2)3/h6-8,13,15H,5,9-12,14H2,1-4H3,(H,23,28). The minimum absolute atomic E-state index is 0.0716. The Morgan fingerprint density at radius 1 is 1.24 bits per heavy atom. The number of nitrogens with one attached hydrogen (secondary N) is 1. The van der Waals surface area contributed by atoms with E-state index in [2.05, 4.69) is 34.0 Å². The van der Waals surface area contributed by atoms with Gasteiger partial charge in [-0.3, -0.25) is 0 Å². The van der Waals surface area contributed by atoms with Crippen LogP contribution in [0.15, 0.2) is 24.4 Å². The van der Waals surface area contributed by atoms with E-state index in [4.69, 9.17) is 9.72 Å². The number of carbonyl (C=O) groups excluding carboxylic acids is 1. The SMILES string of the molecule is CCOc1ncccc1CNC(=O)N1CCN(c2cc(C)nc(C(C)C)n2)CC1. The zero-order valence-corrected chi connectivity index (χ0v) is 17.7. The minimum atomic E-state index is -0.0716. The molecule has 1 saturated heterocycles. The molecule has 0 unspecified atom stereocenters. The summed E-state index contributed by atoms with van der Waals surface area (Å²) in [6.45, 7) is 11.8. The Morgan fingerprint density at radius 3 is 2.69 bits per heavy atom. The van der Waals surface area contributed by atoms with Crippen LogP contribution in [0.4, 0.5) is 10.6 Å². The normalized spacial score (nSPS) is 14.2. The first-order chi connectivity index (χ1) is 14.0. The van der Waals surface area contributed by atoms with Crippen molar-refractivity contribution < 1.29 is 9.53 Å². The molecule has 2 amide bonds. The van der Waals surface area contributed by atoms with E-state index in [0.717, 1.165) is 36.0 Å². The van der Waals surface area contributed by atoms with Gasteiger partial charge in [0.2, 0.25) is 5.88 Å². The molecule has 3 rings (SSSR count). The molecule has 3 heterocycles. The van der Waals surface area contributed by atoms with Crippen molar-refractivity contribution in [1.29, 1.82) is 0 Å². The third kappa shape index (κ3) is 5.34. The first kappa shape index (κ1) is 20.8. The van der Waals surface area contributed by atoms with Gasteiger partial charge in [0.15, 0.2) is 0 Å². The molecule has 0 bridgehead atoms. The van der Waals surface area contributed by atoms with Gasteiger partial charge in [-0.15, -0.1) is 0 Å². The Labute approximate surface area is 172 Å². The van der Waals surface area contributed by atoms with Crippen molar-refractivity contribution in [3.8, 4) is 5.88 Å². The zero-order chi connectivity index (χ0) is 20.8. The van der Waals surface area contributed by atoms with E-state index in [0.29, 0.717) is 32.1 Å². The maximum absolute atomic E-state index is 12.6. The van der Waals surface area contributed by atoms with Crippen LogP contribution < -0.4 is 15.0 Å². The average Bonchev–Trinajstić information content (AvgIpc) is 2.72. The maximum atomic E-state index is 12.6. The Balaban J connectivity index is 1.55. The second-order valence-corrected chi connectivity index (χ2v) is 7.41. The first-order valence-electron chi connectivity index (χ1n) is 10.2. The Hall–Kier alpha value is -2.90. The van der Waals surface area contributed by atoms with E-state index in [1.165, 1.54) is 0 Å². The van der Waals surface area contributed by atoms with Gasteiger partial charge in [-0.1, -0.05) is 19.9 Å². The largest absolute Gasteiger partial charge is 0.478 e. The number of anilines is 1. The molecule has 1 aliphatic rings. The lowest BCUT2D eigenvalue weighted by Gasteiger charge is -2.35. The summed E-state index contributed by atoms with van der Waals surface area (Å²) in [6.07, 6.45) is 1.69. The molecule has 0 spiro atoms. The van der Waals surface area contributed by atoms with E-state index < -0.39 is 0 Å². The first-order valence-corrected chi connectivity index (χ1v) is 10.2. The Morgan fingerprint density at radius 2 is 2.00 bits per heavy atom. The predicted molar refractivity (Wildman–Crippen MR) is 112 cm³/mol. The number of hydrogen-bond donors (Lipinski definition) is 1. The molecule has 0 aromatic carbocycles. The summed E-state index contributed by atoms with van der Waals surface area (Å²) in [6, 6.07) is 5.70. The second-order valence-electron chi connectivity index (χ2n) is 7.41. The molecule has 0 aliphatic carbocycles. The highest BCUT2D eigenvalue weighted by molar-refractivity contribution is 5.74. The quantitative estimate of drug-likeness (QED) is 0.806. The second kappa shape index (κ2) is 9.54. The van der Waals surface area contributed by atoms with E-state index in [1.807, 2.05) is 36.9 Å². The number of piperazine rings is 1. The van der Waals surface area contributed by atoms with Gasteiger partial charge in [0.05, 0.1) is 6.61 Å². The van der Waals surface area contributed by atoms with Crippen LogP contribution in [-0.4, -0.2) is 58.7 Å². The summed E-state index contributed by atoms with van der Waals surface area (Å²) in [5.41, 5.74) is 1.85.